The highest BCUT2D eigenvalue weighted by Crippen LogP contribution is 2.25. The molecule has 1 aromatic carbocycles. The highest BCUT2D eigenvalue weighted by Gasteiger charge is 2.26. The molecule has 110 valence electrons. The molecule has 0 saturated heterocycles. The molecule has 0 aliphatic heterocycles. The number of anilines is 1. The molecule has 21 heavy (non-hydrogen) atoms. The van der Waals surface area contributed by atoms with E-state index < -0.39 is 11.5 Å². The molecule has 1 unspecified atom stereocenters. The topological polar surface area (TPSA) is 82.5 Å². The standard InChI is InChI=1S/C16H18N2O3/c1-11-13(15(20)21)8-9-14(17-11)18-16(2,10-19)12-6-4-3-5-7-12/h3-9,19H,10H2,1-2H3,(H,17,18)(H,20,21). The van der Waals surface area contributed by atoms with Crippen LogP contribution in [0.4, 0.5) is 5.82 Å². The number of aromatic carboxylic acids is 1. The monoisotopic (exact) mass is 286 g/mol. The summed E-state index contributed by atoms with van der Waals surface area (Å²) in [7, 11) is 0. The molecule has 2 rings (SSSR count). The van der Waals surface area contributed by atoms with E-state index in [1.54, 1.807) is 13.0 Å². The lowest BCUT2D eigenvalue weighted by Crippen LogP contribution is -2.36. The predicted octanol–water partition coefficient (Wildman–Crippen LogP) is 2.41. The minimum atomic E-state index is -1.00. The molecule has 5 heteroatoms. The number of nitrogens with zero attached hydrogens (tertiary/aromatic N) is 1. The van der Waals surface area contributed by atoms with Crippen molar-refractivity contribution >= 4 is 11.8 Å². The molecule has 0 bridgehead atoms. The number of carboxylic acid groups (broad SMARTS) is 1. The summed E-state index contributed by atoms with van der Waals surface area (Å²) in [5.41, 5.74) is 0.840. The smallest absolute Gasteiger partial charge is 0.337 e. The molecule has 1 aromatic heterocycles. The highest BCUT2D eigenvalue weighted by molar-refractivity contribution is 5.89. The van der Waals surface area contributed by atoms with Crippen LogP contribution in [0, 0.1) is 6.92 Å². The SMILES string of the molecule is Cc1nc(NC(C)(CO)c2ccccc2)ccc1C(=O)O. The van der Waals surface area contributed by atoms with Gasteiger partial charge in [0.1, 0.15) is 5.82 Å². The first-order valence-electron chi connectivity index (χ1n) is 6.62. The Morgan fingerprint density at radius 3 is 2.43 bits per heavy atom. The van der Waals surface area contributed by atoms with Crippen LogP contribution in [0.1, 0.15) is 28.5 Å². The Kier molecular flexibility index (Phi) is 4.23. The maximum atomic E-state index is 11.0. The molecular weight excluding hydrogens is 268 g/mol. The Labute approximate surface area is 123 Å². The van der Waals surface area contributed by atoms with Crippen molar-refractivity contribution in [3.05, 3.63) is 59.3 Å². The van der Waals surface area contributed by atoms with Crippen molar-refractivity contribution in [3.8, 4) is 0 Å². The fourth-order valence-corrected chi connectivity index (χ4v) is 2.15. The summed E-state index contributed by atoms with van der Waals surface area (Å²) in [6, 6.07) is 12.7. The van der Waals surface area contributed by atoms with Crippen LogP contribution in [-0.2, 0) is 5.54 Å². The number of carboxylic acids is 1. The largest absolute Gasteiger partial charge is 0.478 e. The second-order valence-electron chi connectivity index (χ2n) is 5.12. The Morgan fingerprint density at radius 2 is 1.90 bits per heavy atom. The molecule has 0 aliphatic carbocycles. The van der Waals surface area contributed by atoms with Gasteiger partial charge in [0, 0.05) is 0 Å². The second-order valence-corrected chi connectivity index (χ2v) is 5.12. The molecule has 1 atom stereocenters. The first kappa shape index (κ1) is 15.0. The van der Waals surface area contributed by atoms with Gasteiger partial charge in [-0.1, -0.05) is 30.3 Å². The van der Waals surface area contributed by atoms with Gasteiger partial charge in [0.05, 0.1) is 23.4 Å². The zero-order valence-corrected chi connectivity index (χ0v) is 12.0. The van der Waals surface area contributed by atoms with Gasteiger partial charge in [0.25, 0.3) is 0 Å². The van der Waals surface area contributed by atoms with Crippen molar-refractivity contribution in [1.29, 1.82) is 0 Å². The van der Waals surface area contributed by atoms with E-state index in [1.165, 1.54) is 6.07 Å². The lowest BCUT2D eigenvalue weighted by molar-refractivity contribution is 0.0695. The third-order valence-corrected chi connectivity index (χ3v) is 3.45. The molecule has 2 aromatic rings. The van der Waals surface area contributed by atoms with Crippen molar-refractivity contribution in [2.75, 3.05) is 11.9 Å². The summed E-state index contributed by atoms with van der Waals surface area (Å²) < 4.78 is 0. The number of aryl methyl sites for hydroxylation is 1. The molecule has 3 N–H and O–H groups in total. The van der Waals surface area contributed by atoms with Crippen molar-refractivity contribution in [3.63, 3.8) is 0 Å². The fraction of sp³-hybridized carbons (Fsp3) is 0.250. The average Bonchev–Trinajstić information content (AvgIpc) is 2.47. The van der Waals surface area contributed by atoms with Gasteiger partial charge >= 0.3 is 5.97 Å². The number of carbonyl (C=O) groups is 1. The normalized spacial score (nSPS) is 13.5. The van der Waals surface area contributed by atoms with Crippen molar-refractivity contribution in [1.82, 2.24) is 4.98 Å². The predicted molar refractivity (Wildman–Crippen MR) is 80.4 cm³/mol. The van der Waals surface area contributed by atoms with Gasteiger partial charge in [-0.15, -0.1) is 0 Å². The van der Waals surface area contributed by atoms with E-state index in [0.29, 0.717) is 11.5 Å². The summed E-state index contributed by atoms with van der Waals surface area (Å²) >= 11 is 0. The number of aliphatic hydroxyl groups is 1. The van der Waals surface area contributed by atoms with Crippen molar-refractivity contribution in [2.24, 2.45) is 0 Å². The Morgan fingerprint density at radius 1 is 1.24 bits per heavy atom. The van der Waals surface area contributed by atoms with E-state index in [-0.39, 0.29) is 12.2 Å². The van der Waals surface area contributed by atoms with Gasteiger partial charge in [-0.05, 0) is 31.5 Å². The highest BCUT2D eigenvalue weighted by atomic mass is 16.4. The summed E-state index contributed by atoms with van der Waals surface area (Å²) in [4.78, 5) is 15.2. The molecule has 5 nitrogen and oxygen atoms in total. The average molecular weight is 286 g/mol. The van der Waals surface area contributed by atoms with Gasteiger partial charge < -0.3 is 15.5 Å². The molecule has 0 saturated carbocycles. The number of nitrogens with one attached hydrogen (secondary N) is 1. The number of aliphatic hydroxyl groups excluding tert-OH is 1. The van der Waals surface area contributed by atoms with Crippen LogP contribution < -0.4 is 5.32 Å². The first-order chi connectivity index (χ1) is 9.96. The first-order valence-corrected chi connectivity index (χ1v) is 6.62. The van der Waals surface area contributed by atoms with E-state index >= 15 is 0 Å². The maximum absolute atomic E-state index is 11.0. The van der Waals surface area contributed by atoms with Crippen molar-refractivity contribution in [2.45, 2.75) is 19.4 Å². The Hall–Kier alpha value is -2.40. The second kappa shape index (κ2) is 5.93. The van der Waals surface area contributed by atoms with Crippen LogP contribution in [0.5, 0.6) is 0 Å². The molecule has 0 radical (unpaired) electrons. The lowest BCUT2D eigenvalue weighted by Gasteiger charge is -2.30. The fourth-order valence-electron chi connectivity index (χ4n) is 2.15. The molecule has 0 fully saturated rings. The third-order valence-electron chi connectivity index (χ3n) is 3.45. The van der Waals surface area contributed by atoms with E-state index in [4.69, 9.17) is 5.11 Å². The zero-order valence-electron chi connectivity index (χ0n) is 12.0. The number of aromatic nitrogens is 1. The number of rotatable bonds is 5. The molecular formula is C16H18N2O3. The van der Waals surface area contributed by atoms with Crippen LogP contribution in [0.15, 0.2) is 42.5 Å². The van der Waals surface area contributed by atoms with Gasteiger partial charge in [0.15, 0.2) is 0 Å². The Balaban J connectivity index is 2.31. The number of hydrogen-bond acceptors (Lipinski definition) is 4. The third kappa shape index (κ3) is 3.20. The summed E-state index contributed by atoms with van der Waals surface area (Å²) in [6.45, 7) is 3.40. The molecule has 1 heterocycles. The minimum Gasteiger partial charge on any atom is -0.478 e. The van der Waals surface area contributed by atoms with Crippen LogP contribution in [-0.4, -0.2) is 27.8 Å². The molecule has 0 aliphatic rings. The van der Waals surface area contributed by atoms with Crippen LogP contribution in [0.3, 0.4) is 0 Å². The van der Waals surface area contributed by atoms with Gasteiger partial charge in [0.2, 0.25) is 0 Å². The van der Waals surface area contributed by atoms with E-state index in [2.05, 4.69) is 10.3 Å². The zero-order chi connectivity index (χ0) is 15.5. The van der Waals surface area contributed by atoms with E-state index in [0.717, 1.165) is 5.56 Å². The lowest BCUT2D eigenvalue weighted by atomic mass is 9.93. The maximum Gasteiger partial charge on any atom is 0.337 e. The van der Waals surface area contributed by atoms with E-state index in [1.807, 2.05) is 37.3 Å². The van der Waals surface area contributed by atoms with Gasteiger partial charge in [-0.2, -0.15) is 0 Å². The number of pyridine rings is 1. The van der Waals surface area contributed by atoms with Gasteiger partial charge in [-0.25, -0.2) is 9.78 Å². The van der Waals surface area contributed by atoms with Crippen LogP contribution in [0.2, 0.25) is 0 Å². The molecule has 0 spiro atoms. The Bertz CT molecular complexity index is 643. The minimum absolute atomic E-state index is 0.113. The number of benzene rings is 1. The van der Waals surface area contributed by atoms with E-state index in [9.17, 15) is 9.90 Å². The van der Waals surface area contributed by atoms with Crippen molar-refractivity contribution < 1.29 is 15.0 Å². The molecule has 0 amide bonds. The van der Waals surface area contributed by atoms with Crippen LogP contribution in [0.25, 0.3) is 0 Å². The number of hydrogen-bond donors (Lipinski definition) is 3. The van der Waals surface area contributed by atoms with Gasteiger partial charge in [-0.3, -0.25) is 0 Å². The van der Waals surface area contributed by atoms with Crippen LogP contribution >= 0.6 is 0 Å². The summed E-state index contributed by atoms with van der Waals surface area (Å²) in [5.74, 6) is -0.475. The quantitative estimate of drug-likeness (QED) is 0.786. The summed E-state index contributed by atoms with van der Waals surface area (Å²) in [6.07, 6.45) is 0. The summed E-state index contributed by atoms with van der Waals surface area (Å²) in [5, 5.41) is 21.9.